The second-order valence-electron chi connectivity index (χ2n) is 7.07. The number of ketones is 1. The second-order valence-corrected chi connectivity index (χ2v) is 7.07. The van der Waals surface area contributed by atoms with E-state index in [0.717, 1.165) is 22.4 Å². The fraction of sp³-hybridized carbons (Fsp3) is 0.318. The highest BCUT2D eigenvalue weighted by atomic mass is 16.5. The van der Waals surface area contributed by atoms with Gasteiger partial charge in [-0.05, 0) is 50.6 Å². The number of rotatable bonds is 6. The number of nitrogens with zero attached hydrogens (tertiary/aromatic N) is 1. The number of nitrogens with one attached hydrogen (secondary N) is 1. The topological polar surface area (TPSA) is 75.7 Å². The first-order valence-corrected chi connectivity index (χ1v) is 9.21. The van der Waals surface area contributed by atoms with Crippen molar-refractivity contribution in [3.05, 3.63) is 58.7 Å². The number of ether oxygens (including phenoxy) is 1. The lowest BCUT2D eigenvalue weighted by Gasteiger charge is -2.20. The van der Waals surface area contributed by atoms with Crippen molar-refractivity contribution in [1.29, 1.82) is 0 Å². The maximum Gasteiger partial charge on any atom is 0.254 e. The molecule has 6 heteroatoms. The van der Waals surface area contributed by atoms with E-state index >= 15 is 0 Å². The normalized spacial score (nSPS) is 15.4. The summed E-state index contributed by atoms with van der Waals surface area (Å²) in [4.78, 5) is 37.5. The minimum absolute atomic E-state index is 0.000558. The Morgan fingerprint density at radius 3 is 2.39 bits per heavy atom. The highest BCUT2D eigenvalue weighted by molar-refractivity contribution is 6.07. The molecule has 3 rings (SSSR count). The number of carbonyl (C=O) groups is 3. The molecule has 0 saturated heterocycles. The van der Waals surface area contributed by atoms with E-state index in [0.29, 0.717) is 24.5 Å². The second kappa shape index (κ2) is 7.84. The van der Waals surface area contributed by atoms with Gasteiger partial charge in [-0.3, -0.25) is 14.4 Å². The number of Topliss-reactive ketones (excluding diaryl/α,β-unsaturated/α-hetero) is 1. The lowest BCUT2D eigenvalue weighted by Crippen LogP contribution is -2.38. The van der Waals surface area contributed by atoms with E-state index in [1.54, 1.807) is 29.2 Å². The summed E-state index contributed by atoms with van der Waals surface area (Å²) in [6.45, 7) is 7.52. The molecule has 1 heterocycles. The molecule has 2 aromatic carbocycles. The average molecular weight is 380 g/mol. The summed E-state index contributed by atoms with van der Waals surface area (Å²) < 4.78 is 5.75. The third-order valence-electron chi connectivity index (χ3n) is 4.76. The molecular weight excluding hydrogens is 356 g/mol. The summed E-state index contributed by atoms with van der Waals surface area (Å²) >= 11 is 0. The Balaban J connectivity index is 1.76. The quantitative estimate of drug-likeness (QED) is 0.782. The Bertz CT molecular complexity index is 934. The van der Waals surface area contributed by atoms with Gasteiger partial charge in [0.2, 0.25) is 5.91 Å². The number of aryl methyl sites for hydroxylation is 2. The monoisotopic (exact) mass is 380 g/mol. The van der Waals surface area contributed by atoms with Gasteiger partial charge in [0.05, 0.1) is 12.2 Å². The molecule has 1 aliphatic heterocycles. The van der Waals surface area contributed by atoms with E-state index in [1.807, 2.05) is 26.0 Å². The van der Waals surface area contributed by atoms with E-state index < -0.39 is 6.04 Å². The van der Waals surface area contributed by atoms with Crippen LogP contribution in [-0.4, -0.2) is 30.7 Å². The minimum Gasteiger partial charge on any atom is -0.492 e. The average Bonchev–Trinajstić information content (AvgIpc) is 2.87. The van der Waals surface area contributed by atoms with Crippen LogP contribution >= 0.6 is 0 Å². The third-order valence-corrected chi connectivity index (χ3v) is 4.76. The number of hydrogen-bond donors (Lipinski definition) is 1. The zero-order valence-electron chi connectivity index (χ0n) is 16.5. The first-order valence-electron chi connectivity index (χ1n) is 9.21. The van der Waals surface area contributed by atoms with Gasteiger partial charge >= 0.3 is 0 Å². The van der Waals surface area contributed by atoms with Gasteiger partial charge in [-0.1, -0.05) is 17.7 Å². The van der Waals surface area contributed by atoms with Gasteiger partial charge in [0.15, 0.2) is 5.78 Å². The van der Waals surface area contributed by atoms with E-state index in [2.05, 4.69) is 5.32 Å². The van der Waals surface area contributed by atoms with Crippen LogP contribution in [0.5, 0.6) is 5.75 Å². The molecule has 146 valence electrons. The van der Waals surface area contributed by atoms with Crippen molar-refractivity contribution >= 4 is 23.3 Å². The van der Waals surface area contributed by atoms with Crippen LogP contribution in [0.1, 0.15) is 46.9 Å². The number of amides is 2. The Hall–Kier alpha value is -3.15. The summed E-state index contributed by atoms with van der Waals surface area (Å²) in [5.41, 5.74) is 4.32. The number of anilines is 1. The van der Waals surface area contributed by atoms with Crippen LogP contribution in [0.3, 0.4) is 0 Å². The molecule has 1 N–H and O–H groups in total. The fourth-order valence-corrected chi connectivity index (χ4v) is 3.59. The van der Waals surface area contributed by atoms with Gasteiger partial charge in [0.1, 0.15) is 18.4 Å². The molecule has 0 aromatic heterocycles. The molecule has 2 amide bonds. The largest absolute Gasteiger partial charge is 0.492 e. The van der Waals surface area contributed by atoms with Crippen LogP contribution in [0.2, 0.25) is 0 Å². The van der Waals surface area contributed by atoms with Crippen molar-refractivity contribution in [2.45, 2.75) is 33.7 Å². The van der Waals surface area contributed by atoms with Crippen LogP contribution in [0.4, 0.5) is 5.69 Å². The minimum atomic E-state index is -0.666. The summed E-state index contributed by atoms with van der Waals surface area (Å²) in [6.07, 6.45) is 0. The first-order chi connectivity index (χ1) is 13.3. The highest BCUT2D eigenvalue weighted by Crippen LogP contribution is 2.39. The Morgan fingerprint density at radius 1 is 1.11 bits per heavy atom. The molecule has 0 radical (unpaired) electrons. The molecule has 6 nitrogen and oxygen atoms in total. The van der Waals surface area contributed by atoms with Gasteiger partial charge < -0.3 is 15.0 Å². The van der Waals surface area contributed by atoms with E-state index in [1.165, 1.54) is 13.8 Å². The van der Waals surface area contributed by atoms with Crippen molar-refractivity contribution in [3.63, 3.8) is 0 Å². The number of hydrogen-bond acceptors (Lipinski definition) is 4. The molecular formula is C22H24N2O4. The van der Waals surface area contributed by atoms with Gasteiger partial charge in [-0.15, -0.1) is 0 Å². The number of benzene rings is 2. The lowest BCUT2D eigenvalue weighted by molar-refractivity contribution is -0.126. The van der Waals surface area contributed by atoms with Crippen LogP contribution in [0, 0.1) is 13.8 Å². The molecule has 0 spiro atoms. The van der Waals surface area contributed by atoms with Gasteiger partial charge in [-0.2, -0.15) is 0 Å². The zero-order chi connectivity index (χ0) is 20.4. The van der Waals surface area contributed by atoms with Crippen LogP contribution < -0.4 is 15.0 Å². The predicted molar refractivity (Wildman–Crippen MR) is 107 cm³/mol. The highest BCUT2D eigenvalue weighted by Gasteiger charge is 2.38. The molecule has 0 unspecified atom stereocenters. The van der Waals surface area contributed by atoms with Crippen molar-refractivity contribution in [3.8, 4) is 5.75 Å². The fourth-order valence-electron chi connectivity index (χ4n) is 3.59. The van der Waals surface area contributed by atoms with Gasteiger partial charge in [-0.25, -0.2) is 0 Å². The molecule has 2 aromatic rings. The standard InChI is InChI=1S/C22H24N2O4/c1-13-11-14(2)21-19(12-13)20(23-16(4)26)22(27)24(21)9-10-28-18-7-5-17(6-8-18)15(3)25/h5-8,11-12,20H,9-10H2,1-4H3,(H,23,26)/t20-/m0/s1. The zero-order valence-corrected chi connectivity index (χ0v) is 16.5. The van der Waals surface area contributed by atoms with E-state index in [9.17, 15) is 14.4 Å². The predicted octanol–water partition coefficient (Wildman–Crippen LogP) is 3.11. The molecule has 0 fully saturated rings. The summed E-state index contributed by atoms with van der Waals surface area (Å²) in [5.74, 6) is 0.234. The number of fused-ring (bicyclic) bond motifs is 1. The van der Waals surface area contributed by atoms with Crippen molar-refractivity contribution in [1.82, 2.24) is 5.32 Å². The van der Waals surface area contributed by atoms with Crippen LogP contribution in [0.25, 0.3) is 0 Å². The maximum absolute atomic E-state index is 12.9. The molecule has 0 saturated carbocycles. The first kappa shape index (κ1) is 19.6. The molecule has 0 aliphatic carbocycles. The van der Waals surface area contributed by atoms with Crippen molar-refractivity contribution in [2.24, 2.45) is 0 Å². The number of carbonyl (C=O) groups excluding carboxylic acids is 3. The maximum atomic E-state index is 12.9. The molecule has 28 heavy (non-hydrogen) atoms. The van der Waals surface area contributed by atoms with Crippen LogP contribution in [0.15, 0.2) is 36.4 Å². The van der Waals surface area contributed by atoms with Crippen molar-refractivity contribution < 1.29 is 19.1 Å². The third kappa shape index (κ3) is 3.91. The van der Waals surface area contributed by atoms with Crippen molar-refractivity contribution in [2.75, 3.05) is 18.1 Å². The smallest absolute Gasteiger partial charge is 0.254 e. The Labute approximate surface area is 164 Å². The van der Waals surface area contributed by atoms with Gasteiger partial charge in [0, 0.05) is 18.1 Å². The SMILES string of the molecule is CC(=O)N[C@@H]1C(=O)N(CCOc2ccc(C(C)=O)cc2)c2c(C)cc(C)cc21. The molecule has 1 atom stereocenters. The summed E-state index contributed by atoms with van der Waals surface area (Å²) in [7, 11) is 0. The molecule has 1 aliphatic rings. The van der Waals surface area contributed by atoms with Gasteiger partial charge in [0.25, 0.3) is 5.91 Å². The lowest BCUT2D eigenvalue weighted by atomic mass is 10.0. The van der Waals surface area contributed by atoms with E-state index in [-0.39, 0.29) is 17.6 Å². The molecule has 0 bridgehead atoms. The Kier molecular flexibility index (Phi) is 5.49. The summed E-state index contributed by atoms with van der Waals surface area (Å²) in [6, 6.07) is 10.2. The van der Waals surface area contributed by atoms with Crippen LogP contribution in [-0.2, 0) is 9.59 Å². The Morgan fingerprint density at radius 2 is 1.79 bits per heavy atom. The van der Waals surface area contributed by atoms with E-state index in [4.69, 9.17) is 4.74 Å². The summed E-state index contributed by atoms with van der Waals surface area (Å²) in [5, 5.41) is 2.75.